The maximum atomic E-state index is 12.9. The summed E-state index contributed by atoms with van der Waals surface area (Å²) in [6.45, 7) is 0. The van der Waals surface area contributed by atoms with Gasteiger partial charge in [-0.25, -0.2) is 10.1 Å². The zero-order valence-electron chi connectivity index (χ0n) is 14.5. The second-order valence-corrected chi connectivity index (χ2v) is 6.43. The predicted molar refractivity (Wildman–Crippen MR) is 102 cm³/mol. The predicted octanol–water partition coefficient (Wildman–Crippen LogP) is 1.97. The largest absolute Gasteiger partial charge is 0.623 e. The number of rotatable bonds is 2. The summed E-state index contributed by atoms with van der Waals surface area (Å²) in [6, 6.07) is 14.2. The molecule has 2 atom stereocenters. The van der Waals surface area contributed by atoms with Gasteiger partial charge in [0.05, 0.1) is 12.8 Å². The number of methoxy groups -OCH3 is 1. The van der Waals surface area contributed by atoms with E-state index in [2.05, 4.69) is 9.98 Å². The van der Waals surface area contributed by atoms with Crippen LogP contribution in [-0.4, -0.2) is 29.9 Å². The number of nitrogens with one attached hydrogen (secondary N) is 1. The van der Waals surface area contributed by atoms with Crippen LogP contribution in [0.2, 0.25) is 0 Å². The lowest BCUT2D eigenvalue weighted by molar-refractivity contribution is -0.729. The fourth-order valence-electron chi connectivity index (χ4n) is 3.49. The molecule has 0 saturated carbocycles. The monoisotopic (exact) mass is 360 g/mol. The Balaban J connectivity index is 1.55. The van der Waals surface area contributed by atoms with E-state index in [1.165, 1.54) is 0 Å². The van der Waals surface area contributed by atoms with E-state index in [1.807, 2.05) is 24.3 Å². The third-order valence-electron chi connectivity index (χ3n) is 4.88. The van der Waals surface area contributed by atoms with Gasteiger partial charge in [-0.2, -0.15) is 0 Å². The molecule has 0 fully saturated rings. The highest BCUT2D eigenvalue weighted by atomic mass is 16.5. The van der Waals surface area contributed by atoms with Gasteiger partial charge in [0.2, 0.25) is 0 Å². The van der Waals surface area contributed by atoms with Gasteiger partial charge in [-0.1, -0.05) is 12.1 Å². The smallest absolute Gasteiger partial charge is 0.162 e. The quantitative estimate of drug-likeness (QED) is 0.802. The molecular weight excluding hydrogens is 344 g/mol. The lowest BCUT2D eigenvalue weighted by Gasteiger charge is -2.37. The highest BCUT2D eigenvalue weighted by Crippen LogP contribution is 2.34. The van der Waals surface area contributed by atoms with Crippen LogP contribution in [-0.2, 0) is 0 Å². The number of fused-ring (bicyclic) bond motifs is 3. The average Bonchev–Trinajstić information content (AvgIpc) is 3.14. The van der Waals surface area contributed by atoms with Crippen LogP contribution in [0, 0.1) is 5.21 Å². The van der Waals surface area contributed by atoms with Gasteiger partial charge in [-0.15, -0.1) is 0 Å². The van der Waals surface area contributed by atoms with E-state index in [4.69, 9.17) is 4.74 Å². The molecule has 0 bridgehead atoms. The average molecular weight is 360 g/mol. The van der Waals surface area contributed by atoms with E-state index < -0.39 is 0 Å². The number of amidine groups is 1. The van der Waals surface area contributed by atoms with Crippen molar-refractivity contribution in [1.29, 1.82) is 0 Å². The molecule has 0 radical (unpaired) electrons. The third-order valence-corrected chi connectivity index (χ3v) is 4.88. The van der Waals surface area contributed by atoms with Gasteiger partial charge in [-0.05, 0) is 36.4 Å². The summed E-state index contributed by atoms with van der Waals surface area (Å²) in [5.41, 5.74) is 3.39. The van der Waals surface area contributed by atoms with Crippen molar-refractivity contribution in [2.45, 2.75) is 6.04 Å². The molecule has 0 saturated heterocycles. The number of quaternary nitrogens is 1. The van der Waals surface area contributed by atoms with Crippen LogP contribution in [0.5, 0.6) is 5.75 Å². The summed E-state index contributed by atoms with van der Waals surface area (Å²) in [5.74, 6) is 1.36. The fraction of sp³-hybridized carbons (Fsp3) is 0.100. The van der Waals surface area contributed by atoms with Crippen LogP contribution in [0.3, 0.4) is 0 Å². The normalized spacial score (nSPS) is 22.7. The lowest BCUT2D eigenvalue weighted by Crippen LogP contribution is -3.01. The number of nitrogens with zero attached hydrogens (tertiary/aromatic N) is 3. The molecule has 2 unspecified atom stereocenters. The van der Waals surface area contributed by atoms with Gasteiger partial charge in [0, 0.05) is 17.7 Å². The number of hydrogen-bond acceptors (Lipinski definition) is 6. The van der Waals surface area contributed by atoms with Crippen LogP contribution in [0.4, 0.5) is 11.4 Å². The molecule has 0 aromatic heterocycles. The standard InChI is InChI=1S/C20H16N4O3/c1-27-13-8-6-12(7-9-13)20-21-14-10-18-19(11-15(14)22-20)24(26)17-5-3-2-4-16(17)23(18)25/h2-11,14,23,26H,1H3. The Labute approximate surface area is 155 Å². The highest BCUT2D eigenvalue weighted by molar-refractivity contribution is 6.18. The first-order chi connectivity index (χ1) is 13.2. The molecule has 0 amide bonds. The molecule has 2 heterocycles. The second-order valence-electron chi connectivity index (χ2n) is 6.43. The first kappa shape index (κ1) is 16.0. The number of benzene rings is 2. The maximum Gasteiger partial charge on any atom is 0.162 e. The Morgan fingerprint density at radius 1 is 1.15 bits per heavy atom. The van der Waals surface area contributed by atoms with Crippen molar-refractivity contribution in [3.8, 4) is 5.75 Å². The van der Waals surface area contributed by atoms with Gasteiger partial charge < -0.3 is 15.0 Å². The number of ether oxygens (including phenoxy) is 1. The Morgan fingerprint density at radius 2 is 1.93 bits per heavy atom. The molecule has 2 N–H and O–H groups in total. The summed E-state index contributed by atoms with van der Waals surface area (Å²) >= 11 is 0. The number of para-hydroxylation sites is 2. The van der Waals surface area contributed by atoms with E-state index >= 15 is 0 Å². The molecule has 7 heteroatoms. The molecule has 134 valence electrons. The van der Waals surface area contributed by atoms with E-state index in [0.717, 1.165) is 16.4 Å². The van der Waals surface area contributed by atoms with Crippen LogP contribution < -0.4 is 14.9 Å². The maximum absolute atomic E-state index is 12.9. The first-order valence-electron chi connectivity index (χ1n) is 8.53. The van der Waals surface area contributed by atoms with Crippen molar-refractivity contribution < 1.29 is 15.0 Å². The van der Waals surface area contributed by atoms with Crippen molar-refractivity contribution in [1.82, 2.24) is 0 Å². The molecule has 2 aromatic rings. The van der Waals surface area contributed by atoms with Crippen molar-refractivity contribution in [2.75, 3.05) is 12.2 Å². The highest BCUT2D eigenvalue weighted by Gasteiger charge is 2.37. The van der Waals surface area contributed by atoms with E-state index in [1.54, 1.807) is 43.5 Å². The molecule has 0 spiro atoms. The number of hydrogen-bond donors (Lipinski definition) is 2. The molecule has 7 nitrogen and oxygen atoms in total. The van der Waals surface area contributed by atoms with E-state index in [0.29, 0.717) is 34.3 Å². The molecule has 27 heavy (non-hydrogen) atoms. The summed E-state index contributed by atoms with van der Waals surface area (Å²) in [4.78, 5) is 9.24. The SMILES string of the molecule is COc1ccc(C2=NC3C=C4C(=CC3=N2)N(O)c2ccccc2[NH+]4[O-])cc1. The zero-order valence-corrected chi connectivity index (χ0v) is 14.5. The van der Waals surface area contributed by atoms with Crippen LogP contribution in [0.1, 0.15) is 5.56 Å². The van der Waals surface area contributed by atoms with Crippen molar-refractivity contribution in [2.24, 2.45) is 9.98 Å². The number of hydroxylamine groups is 2. The summed E-state index contributed by atoms with van der Waals surface area (Å²) in [7, 11) is 1.62. The fourth-order valence-corrected chi connectivity index (χ4v) is 3.49. The van der Waals surface area contributed by atoms with Gasteiger partial charge in [-0.3, -0.25) is 10.2 Å². The molecule has 3 aliphatic rings. The van der Waals surface area contributed by atoms with Gasteiger partial charge in [0.25, 0.3) is 0 Å². The molecule has 2 aromatic carbocycles. The van der Waals surface area contributed by atoms with E-state index in [-0.39, 0.29) is 11.1 Å². The molecule has 5 rings (SSSR count). The van der Waals surface area contributed by atoms with Crippen LogP contribution >= 0.6 is 0 Å². The van der Waals surface area contributed by atoms with Crippen molar-refractivity contribution in [3.05, 3.63) is 82.8 Å². The number of aliphatic imine (C=N–C) groups is 2. The number of anilines is 1. The molecule has 2 aliphatic heterocycles. The summed E-state index contributed by atoms with van der Waals surface area (Å²) in [5, 5.41) is 24.4. The zero-order chi connectivity index (χ0) is 18.5. The lowest BCUT2D eigenvalue weighted by atomic mass is 10.00. The second kappa shape index (κ2) is 5.88. The topological polar surface area (TPSA) is 84.9 Å². The summed E-state index contributed by atoms with van der Waals surface area (Å²) < 4.78 is 5.18. The Hall–Kier alpha value is -3.26. The van der Waals surface area contributed by atoms with Gasteiger partial charge >= 0.3 is 0 Å². The van der Waals surface area contributed by atoms with Gasteiger partial charge in [0.15, 0.2) is 17.2 Å². The van der Waals surface area contributed by atoms with Crippen molar-refractivity contribution in [3.63, 3.8) is 0 Å². The van der Waals surface area contributed by atoms with E-state index in [9.17, 15) is 10.4 Å². The Kier molecular flexibility index (Phi) is 3.48. The third kappa shape index (κ3) is 2.41. The minimum atomic E-state index is -0.330. The van der Waals surface area contributed by atoms with Crippen LogP contribution in [0.25, 0.3) is 0 Å². The van der Waals surface area contributed by atoms with Crippen LogP contribution in [0.15, 0.2) is 82.1 Å². The molecular formula is C20H16N4O3. The minimum absolute atomic E-state index is 0.116. The Morgan fingerprint density at radius 3 is 2.70 bits per heavy atom. The summed E-state index contributed by atoms with van der Waals surface area (Å²) in [6.07, 6.45) is 3.50. The minimum Gasteiger partial charge on any atom is -0.623 e. The Bertz CT molecular complexity index is 1050. The first-order valence-corrected chi connectivity index (χ1v) is 8.53. The van der Waals surface area contributed by atoms with Gasteiger partial charge in [0.1, 0.15) is 23.2 Å². The molecule has 1 aliphatic carbocycles. The van der Waals surface area contributed by atoms with Crippen molar-refractivity contribution >= 4 is 22.9 Å².